The van der Waals surface area contributed by atoms with Gasteiger partial charge in [-0.1, -0.05) is 32.3 Å². The summed E-state index contributed by atoms with van der Waals surface area (Å²) in [5.41, 5.74) is -0.566. The summed E-state index contributed by atoms with van der Waals surface area (Å²) in [6, 6.07) is 5.51. The van der Waals surface area contributed by atoms with Gasteiger partial charge in [-0.25, -0.2) is 0 Å². The second kappa shape index (κ2) is 9.50. The zero-order valence-electron chi connectivity index (χ0n) is 17.2. The Hall–Kier alpha value is -1.95. The molecule has 0 radical (unpaired) electrons. The Morgan fingerprint density at radius 3 is 2.61 bits per heavy atom. The first-order chi connectivity index (χ1) is 13.5. The Bertz CT molecular complexity index is 654. The minimum atomic E-state index is -0.933. The minimum Gasteiger partial charge on any atom is -0.376 e. The molecule has 2 aliphatic rings. The van der Waals surface area contributed by atoms with Crippen LogP contribution >= 0.6 is 0 Å². The number of pyridine rings is 1. The molecule has 2 heterocycles. The van der Waals surface area contributed by atoms with E-state index in [0.717, 1.165) is 38.5 Å². The SMILES string of the molecule is CC[C@@](C)(C(=O)NC1CCCCC1)N(C[C@H]1CCCO1)C(=O)c1ccccn1. The van der Waals surface area contributed by atoms with E-state index in [0.29, 0.717) is 25.3 Å². The third kappa shape index (κ3) is 4.72. The summed E-state index contributed by atoms with van der Waals surface area (Å²) in [6.45, 7) is 4.97. The Morgan fingerprint density at radius 2 is 2.00 bits per heavy atom. The molecule has 2 amide bonds. The van der Waals surface area contributed by atoms with Crippen molar-refractivity contribution in [1.29, 1.82) is 0 Å². The van der Waals surface area contributed by atoms with Crippen LogP contribution in [0.1, 0.15) is 75.7 Å². The van der Waals surface area contributed by atoms with E-state index < -0.39 is 5.54 Å². The number of nitrogens with one attached hydrogen (secondary N) is 1. The number of aromatic nitrogens is 1. The molecule has 1 N–H and O–H groups in total. The highest BCUT2D eigenvalue weighted by Crippen LogP contribution is 2.27. The fraction of sp³-hybridized carbons (Fsp3) is 0.682. The maximum atomic E-state index is 13.4. The van der Waals surface area contributed by atoms with Gasteiger partial charge in [0, 0.05) is 25.4 Å². The Morgan fingerprint density at radius 1 is 1.21 bits per heavy atom. The summed E-state index contributed by atoms with van der Waals surface area (Å²) in [5.74, 6) is -0.275. The van der Waals surface area contributed by atoms with E-state index in [9.17, 15) is 9.59 Å². The van der Waals surface area contributed by atoms with E-state index >= 15 is 0 Å². The average molecular weight is 388 g/mol. The van der Waals surface area contributed by atoms with E-state index in [2.05, 4.69) is 10.3 Å². The Kier molecular flexibility index (Phi) is 7.05. The molecule has 1 aromatic rings. The zero-order valence-corrected chi connectivity index (χ0v) is 17.2. The predicted molar refractivity (Wildman–Crippen MR) is 108 cm³/mol. The van der Waals surface area contributed by atoms with Crippen molar-refractivity contribution in [2.75, 3.05) is 13.2 Å². The smallest absolute Gasteiger partial charge is 0.273 e. The molecule has 28 heavy (non-hydrogen) atoms. The summed E-state index contributed by atoms with van der Waals surface area (Å²) in [5, 5.41) is 3.23. The molecule has 2 atom stereocenters. The number of nitrogens with zero attached hydrogens (tertiary/aromatic N) is 2. The lowest BCUT2D eigenvalue weighted by Gasteiger charge is -2.41. The normalized spacial score (nSPS) is 22.4. The molecule has 0 aromatic carbocycles. The highest BCUT2D eigenvalue weighted by molar-refractivity contribution is 5.98. The molecule has 1 aromatic heterocycles. The van der Waals surface area contributed by atoms with Gasteiger partial charge >= 0.3 is 0 Å². The quantitative estimate of drug-likeness (QED) is 0.779. The van der Waals surface area contributed by atoms with Crippen LogP contribution in [0.3, 0.4) is 0 Å². The largest absolute Gasteiger partial charge is 0.376 e. The van der Waals surface area contributed by atoms with Crippen molar-refractivity contribution in [2.45, 2.75) is 82.9 Å². The molecule has 1 aliphatic carbocycles. The van der Waals surface area contributed by atoms with Crippen molar-refractivity contribution in [3.63, 3.8) is 0 Å². The Balaban J connectivity index is 1.83. The number of amides is 2. The number of hydrogen-bond donors (Lipinski definition) is 1. The standard InChI is InChI=1S/C22H33N3O3/c1-3-22(2,21(27)24-17-10-5-4-6-11-17)25(16-18-12-9-15-28-18)20(26)19-13-7-8-14-23-19/h7-8,13-14,17-18H,3-6,9-12,15-16H2,1-2H3,(H,24,27)/t18-,22+/m1/s1. The highest BCUT2D eigenvalue weighted by atomic mass is 16.5. The van der Waals surface area contributed by atoms with Crippen LogP contribution in [0, 0.1) is 0 Å². The van der Waals surface area contributed by atoms with Gasteiger partial charge in [0.1, 0.15) is 11.2 Å². The third-order valence-electron chi connectivity index (χ3n) is 6.25. The van der Waals surface area contributed by atoms with Gasteiger partial charge in [-0.15, -0.1) is 0 Å². The number of ether oxygens (including phenoxy) is 1. The van der Waals surface area contributed by atoms with Gasteiger partial charge in [0.2, 0.25) is 5.91 Å². The average Bonchev–Trinajstić information content (AvgIpc) is 3.25. The summed E-state index contributed by atoms with van der Waals surface area (Å²) in [7, 11) is 0. The molecule has 6 heteroatoms. The maximum absolute atomic E-state index is 13.4. The predicted octanol–water partition coefficient (Wildman–Crippen LogP) is 3.32. The van der Waals surface area contributed by atoms with Crippen LogP contribution in [-0.4, -0.2) is 52.5 Å². The van der Waals surface area contributed by atoms with Crippen LogP contribution in [-0.2, 0) is 9.53 Å². The van der Waals surface area contributed by atoms with Gasteiger partial charge in [-0.3, -0.25) is 14.6 Å². The van der Waals surface area contributed by atoms with Crippen LogP contribution in [0.25, 0.3) is 0 Å². The topological polar surface area (TPSA) is 71.5 Å². The van der Waals surface area contributed by atoms with Crippen LogP contribution in [0.5, 0.6) is 0 Å². The first-order valence-electron chi connectivity index (χ1n) is 10.7. The molecule has 154 valence electrons. The lowest BCUT2D eigenvalue weighted by atomic mass is 9.90. The van der Waals surface area contributed by atoms with Gasteiger partial charge in [0.15, 0.2) is 0 Å². The molecule has 1 aliphatic heterocycles. The van der Waals surface area contributed by atoms with Crippen molar-refractivity contribution in [1.82, 2.24) is 15.2 Å². The first-order valence-corrected chi connectivity index (χ1v) is 10.7. The van der Waals surface area contributed by atoms with Crippen molar-refractivity contribution in [3.05, 3.63) is 30.1 Å². The van der Waals surface area contributed by atoms with Crippen LogP contribution in [0.2, 0.25) is 0 Å². The lowest BCUT2D eigenvalue weighted by molar-refractivity contribution is -0.133. The molecule has 3 rings (SSSR count). The monoisotopic (exact) mass is 387 g/mol. The second-order valence-corrected chi connectivity index (χ2v) is 8.20. The number of carbonyl (C=O) groups excluding carboxylic acids is 2. The van der Waals surface area contributed by atoms with Gasteiger partial charge < -0.3 is 15.0 Å². The van der Waals surface area contributed by atoms with Crippen molar-refractivity contribution < 1.29 is 14.3 Å². The number of carbonyl (C=O) groups is 2. The number of hydrogen-bond acceptors (Lipinski definition) is 4. The van der Waals surface area contributed by atoms with E-state index in [1.54, 1.807) is 29.3 Å². The van der Waals surface area contributed by atoms with Gasteiger partial charge in [0.25, 0.3) is 5.91 Å². The van der Waals surface area contributed by atoms with Crippen molar-refractivity contribution in [2.24, 2.45) is 0 Å². The van der Waals surface area contributed by atoms with Crippen LogP contribution in [0.4, 0.5) is 0 Å². The second-order valence-electron chi connectivity index (χ2n) is 8.20. The fourth-order valence-electron chi connectivity index (χ4n) is 4.19. The lowest BCUT2D eigenvalue weighted by Crippen LogP contribution is -2.61. The zero-order chi connectivity index (χ0) is 20.0. The highest BCUT2D eigenvalue weighted by Gasteiger charge is 2.43. The molecular weight excluding hydrogens is 354 g/mol. The summed E-state index contributed by atoms with van der Waals surface area (Å²) < 4.78 is 5.79. The van der Waals surface area contributed by atoms with Crippen LogP contribution in [0.15, 0.2) is 24.4 Å². The summed E-state index contributed by atoms with van der Waals surface area (Å²) in [6.07, 6.45) is 9.61. The van der Waals surface area contributed by atoms with E-state index in [-0.39, 0.29) is 24.0 Å². The number of rotatable bonds is 7. The van der Waals surface area contributed by atoms with Gasteiger partial charge in [-0.2, -0.15) is 0 Å². The third-order valence-corrected chi connectivity index (χ3v) is 6.25. The molecule has 1 saturated heterocycles. The summed E-state index contributed by atoms with van der Waals surface area (Å²) >= 11 is 0. The summed E-state index contributed by atoms with van der Waals surface area (Å²) in [4.78, 5) is 32.6. The van der Waals surface area contributed by atoms with E-state index in [1.807, 2.05) is 13.8 Å². The van der Waals surface area contributed by atoms with Crippen molar-refractivity contribution >= 4 is 11.8 Å². The first kappa shape index (κ1) is 20.8. The molecular formula is C22H33N3O3. The maximum Gasteiger partial charge on any atom is 0.273 e. The van der Waals surface area contributed by atoms with E-state index in [4.69, 9.17) is 4.74 Å². The fourth-order valence-corrected chi connectivity index (χ4v) is 4.19. The van der Waals surface area contributed by atoms with Gasteiger partial charge in [0.05, 0.1) is 6.10 Å². The van der Waals surface area contributed by atoms with Gasteiger partial charge in [-0.05, 0) is 51.2 Å². The van der Waals surface area contributed by atoms with Crippen molar-refractivity contribution in [3.8, 4) is 0 Å². The minimum absolute atomic E-state index is 0.0268. The molecule has 2 fully saturated rings. The molecule has 0 spiro atoms. The molecule has 6 nitrogen and oxygen atoms in total. The molecule has 1 saturated carbocycles. The Labute approximate surface area is 168 Å². The van der Waals surface area contributed by atoms with Crippen LogP contribution < -0.4 is 5.32 Å². The van der Waals surface area contributed by atoms with E-state index in [1.165, 1.54) is 6.42 Å². The molecule has 0 bridgehead atoms. The molecule has 0 unspecified atom stereocenters.